The molecule has 12 aromatic rings. The summed E-state index contributed by atoms with van der Waals surface area (Å²) in [7, 11) is -3.14. The Labute approximate surface area is 341 Å². The average molecular weight is 774 g/mol. The summed E-state index contributed by atoms with van der Waals surface area (Å²) >= 11 is 1.87. The maximum absolute atomic E-state index is 3.14. The van der Waals surface area contributed by atoms with Crippen LogP contribution in [0.1, 0.15) is 0 Å². The van der Waals surface area contributed by atoms with E-state index in [4.69, 9.17) is 0 Å². The van der Waals surface area contributed by atoms with Crippen LogP contribution in [0, 0.1) is 0 Å². The Bertz CT molecular complexity index is 3360. The summed E-state index contributed by atoms with van der Waals surface area (Å²) in [6.07, 6.45) is 0. The van der Waals surface area contributed by atoms with Crippen LogP contribution in [0.3, 0.4) is 0 Å². The number of fused-ring (bicyclic) bond motifs is 9. The second-order valence-corrected chi connectivity index (χ2v) is 21.0. The van der Waals surface area contributed by atoms with E-state index in [2.05, 4.69) is 228 Å². The van der Waals surface area contributed by atoms with E-state index in [1.165, 1.54) is 95.9 Å². The van der Waals surface area contributed by atoms with Gasteiger partial charge in [0, 0.05) is 10.8 Å². The van der Waals surface area contributed by atoms with Crippen molar-refractivity contribution in [2.45, 2.75) is 0 Å². The number of aromatic nitrogens is 2. The van der Waals surface area contributed by atoms with E-state index in [1.807, 2.05) is 11.3 Å². The molecule has 0 bridgehead atoms. The maximum atomic E-state index is 2.53. The first-order valence-corrected chi connectivity index (χ1v) is 23.2. The fourth-order valence-corrected chi connectivity index (χ4v) is 16.7. The van der Waals surface area contributed by atoms with Gasteiger partial charge >= 0.3 is 273 Å². The SMILES string of the molecule is c1ccc([SiH-](c2ccccc2)(c2ccccc2)c2ccc3c(c2)c2ccccc2n3-c2ccc3sc4ccc(-n5c6ccccc6c6ccccc65)cc4c3c2)cc1. The van der Waals surface area contributed by atoms with Crippen molar-refractivity contribution in [3.63, 3.8) is 0 Å². The molecule has 0 unspecified atom stereocenters. The van der Waals surface area contributed by atoms with Crippen molar-refractivity contribution in [2.24, 2.45) is 0 Å². The van der Waals surface area contributed by atoms with Crippen LogP contribution in [0.4, 0.5) is 0 Å². The number of rotatable bonds is 6. The molecule has 274 valence electrons. The minimum atomic E-state index is -3.14. The monoisotopic (exact) mass is 773 g/mol. The van der Waals surface area contributed by atoms with Gasteiger partial charge < -0.3 is 0 Å². The zero-order chi connectivity index (χ0) is 38.2. The number of benzene rings is 9. The van der Waals surface area contributed by atoms with Gasteiger partial charge in [-0.25, -0.2) is 0 Å². The van der Waals surface area contributed by atoms with E-state index in [-0.39, 0.29) is 0 Å². The van der Waals surface area contributed by atoms with Gasteiger partial charge in [-0.3, -0.25) is 0 Å². The summed E-state index contributed by atoms with van der Waals surface area (Å²) in [5.41, 5.74) is 7.25. The van der Waals surface area contributed by atoms with E-state index < -0.39 is 8.07 Å². The number of hydrogen-bond donors (Lipinski definition) is 0. The third-order valence-electron chi connectivity index (χ3n) is 12.6. The quantitative estimate of drug-likeness (QED) is 0.118. The van der Waals surface area contributed by atoms with Crippen LogP contribution in [-0.2, 0) is 0 Å². The van der Waals surface area contributed by atoms with Gasteiger partial charge in [-0.1, -0.05) is 36.4 Å². The molecule has 0 atom stereocenters. The number of hydrogen-bond acceptors (Lipinski definition) is 1. The predicted octanol–water partition coefficient (Wildman–Crippen LogP) is 11.4. The summed E-state index contributed by atoms with van der Waals surface area (Å²) in [5.74, 6) is 0. The van der Waals surface area contributed by atoms with Crippen molar-refractivity contribution in [3.05, 3.63) is 218 Å². The van der Waals surface area contributed by atoms with Crippen LogP contribution in [0.25, 0.3) is 75.2 Å². The molecule has 0 aliphatic carbocycles. The van der Waals surface area contributed by atoms with Gasteiger partial charge in [0.1, 0.15) is 0 Å². The van der Waals surface area contributed by atoms with E-state index in [9.17, 15) is 0 Å². The third kappa shape index (κ3) is 4.83. The molecule has 2 nitrogen and oxygen atoms in total. The molecule has 0 fully saturated rings. The van der Waals surface area contributed by atoms with Crippen LogP contribution in [0.5, 0.6) is 0 Å². The Morgan fingerprint density at radius 2 is 0.655 bits per heavy atom. The topological polar surface area (TPSA) is 9.86 Å². The molecule has 3 heterocycles. The van der Waals surface area contributed by atoms with Gasteiger partial charge in [-0.2, -0.15) is 0 Å². The normalized spacial score (nSPS) is 12.4. The average Bonchev–Trinajstić information content (AvgIpc) is 3.95. The molecule has 0 spiro atoms. The Balaban J connectivity index is 1.08. The standard InChI is InChI=1S/C54H37N2SSi/c1-4-16-39(17-5-1)58(40-18-6-2-7-19-40,41-20-8-3-9-21-41)42-30-31-52-46(36-42)45-24-12-15-27-51(45)56(52)38-29-33-54-48(35-38)47-34-37(28-32-53(47)57-54)55-49-25-13-10-22-43(49)44-23-11-14-26-50(44)55/h1-36,58H/q-1. The van der Waals surface area contributed by atoms with Crippen LogP contribution in [0.15, 0.2) is 218 Å². The van der Waals surface area contributed by atoms with Crippen LogP contribution < -0.4 is 20.7 Å². The third-order valence-corrected chi connectivity index (χ3v) is 19.3. The fourth-order valence-electron chi connectivity index (χ4n) is 10.2. The minimum absolute atomic E-state index is 1.17. The van der Waals surface area contributed by atoms with Gasteiger partial charge in [0.2, 0.25) is 0 Å². The Morgan fingerprint density at radius 3 is 1.10 bits per heavy atom. The fraction of sp³-hybridized carbons (Fsp3) is 0. The molecule has 12 rings (SSSR count). The molecular formula is C54H37N2SSi-. The zero-order valence-corrected chi connectivity index (χ0v) is 33.6. The molecule has 0 saturated heterocycles. The first-order chi connectivity index (χ1) is 28.8. The van der Waals surface area contributed by atoms with E-state index in [0.717, 1.165) is 0 Å². The summed E-state index contributed by atoms with van der Waals surface area (Å²) < 4.78 is 7.50. The molecule has 4 heteroatoms. The summed E-state index contributed by atoms with van der Waals surface area (Å²) in [5, 5.41) is 13.3. The number of nitrogens with zero attached hydrogens (tertiary/aromatic N) is 2. The Morgan fingerprint density at radius 1 is 0.276 bits per heavy atom. The number of thiophene rings is 1. The van der Waals surface area contributed by atoms with Gasteiger partial charge in [0.05, 0.1) is 11.0 Å². The van der Waals surface area contributed by atoms with Crippen LogP contribution in [-0.4, -0.2) is 17.2 Å². The Hall–Kier alpha value is -6.98. The van der Waals surface area contributed by atoms with Gasteiger partial charge in [-0.05, 0) is 12.1 Å². The van der Waals surface area contributed by atoms with E-state index >= 15 is 0 Å². The van der Waals surface area contributed by atoms with E-state index in [0.29, 0.717) is 0 Å². The molecular weight excluding hydrogens is 737 g/mol. The first-order valence-electron chi connectivity index (χ1n) is 20.1. The van der Waals surface area contributed by atoms with Gasteiger partial charge in [0.15, 0.2) is 0 Å². The molecule has 0 aliphatic heterocycles. The molecule has 0 aliphatic rings. The molecule has 58 heavy (non-hydrogen) atoms. The predicted molar refractivity (Wildman–Crippen MR) is 253 cm³/mol. The van der Waals surface area contributed by atoms with Gasteiger partial charge in [-0.15, -0.1) is 0 Å². The molecule has 0 radical (unpaired) electrons. The Kier molecular flexibility index (Phi) is 7.46. The molecule has 9 aromatic carbocycles. The van der Waals surface area contributed by atoms with Crippen LogP contribution >= 0.6 is 11.3 Å². The summed E-state index contributed by atoms with van der Waals surface area (Å²) in [6, 6.07) is 81.6. The van der Waals surface area contributed by atoms with Crippen molar-refractivity contribution < 1.29 is 0 Å². The van der Waals surface area contributed by atoms with Crippen molar-refractivity contribution in [1.29, 1.82) is 0 Å². The molecule has 0 N–H and O–H groups in total. The van der Waals surface area contributed by atoms with Crippen molar-refractivity contribution in [3.8, 4) is 11.4 Å². The number of para-hydroxylation sites is 3. The molecule has 0 amide bonds. The van der Waals surface area contributed by atoms with Crippen LogP contribution in [0.2, 0.25) is 0 Å². The second kappa shape index (κ2) is 13.0. The summed E-state index contributed by atoms with van der Waals surface area (Å²) in [6.45, 7) is 0. The van der Waals surface area contributed by atoms with Crippen molar-refractivity contribution >= 4 is 104 Å². The zero-order valence-electron chi connectivity index (χ0n) is 31.7. The summed E-state index contributed by atoms with van der Waals surface area (Å²) in [4.78, 5) is 0. The van der Waals surface area contributed by atoms with Crippen molar-refractivity contribution in [1.82, 2.24) is 9.13 Å². The molecule has 0 saturated carbocycles. The van der Waals surface area contributed by atoms with E-state index in [1.54, 1.807) is 0 Å². The molecule has 3 aromatic heterocycles. The van der Waals surface area contributed by atoms with Gasteiger partial charge in [0.25, 0.3) is 0 Å². The second-order valence-electron chi connectivity index (χ2n) is 15.6. The first kappa shape index (κ1) is 33.2. The van der Waals surface area contributed by atoms with Crippen molar-refractivity contribution in [2.75, 3.05) is 0 Å².